The van der Waals surface area contributed by atoms with Crippen LogP contribution in [0, 0.1) is 6.92 Å². The number of aromatic nitrogens is 4. The standard InChI is InChI=1S/C24H24N6O2/c1-4-16-9-10-19(12-17(16)11-18-13-26-22(14-25-18)24(31)29-32)30(3)23-20-7-5-6-8-21(20)27-15(2)28-23/h5-10,12-14,32H,4,11H2,1-3H3,(H,29,31). The number of hydrogen-bond acceptors (Lipinski definition) is 7. The maximum atomic E-state index is 11.5. The molecular weight excluding hydrogens is 404 g/mol. The van der Waals surface area contributed by atoms with Crippen LogP contribution in [0.25, 0.3) is 10.9 Å². The van der Waals surface area contributed by atoms with E-state index in [2.05, 4.69) is 45.0 Å². The number of nitrogens with zero attached hydrogens (tertiary/aromatic N) is 5. The van der Waals surface area contributed by atoms with Gasteiger partial charge in [0.1, 0.15) is 17.3 Å². The van der Waals surface area contributed by atoms with Crippen LogP contribution in [0.4, 0.5) is 11.5 Å². The Kier molecular flexibility index (Phi) is 6.04. The molecule has 0 spiro atoms. The van der Waals surface area contributed by atoms with Crippen molar-refractivity contribution >= 4 is 28.3 Å². The fourth-order valence-corrected chi connectivity index (χ4v) is 3.70. The van der Waals surface area contributed by atoms with Gasteiger partial charge in [-0.2, -0.15) is 0 Å². The van der Waals surface area contributed by atoms with Crippen molar-refractivity contribution in [1.82, 2.24) is 25.4 Å². The number of nitrogens with one attached hydrogen (secondary N) is 1. The van der Waals surface area contributed by atoms with Gasteiger partial charge in [-0.05, 0) is 48.7 Å². The number of rotatable bonds is 6. The summed E-state index contributed by atoms with van der Waals surface area (Å²) in [4.78, 5) is 31.2. The number of benzene rings is 2. The van der Waals surface area contributed by atoms with Gasteiger partial charge in [-0.3, -0.25) is 15.0 Å². The molecule has 1 amide bonds. The van der Waals surface area contributed by atoms with E-state index in [9.17, 15) is 4.79 Å². The maximum absolute atomic E-state index is 11.5. The van der Waals surface area contributed by atoms with Crippen molar-refractivity contribution in [2.24, 2.45) is 0 Å². The van der Waals surface area contributed by atoms with Gasteiger partial charge in [0.15, 0.2) is 0 Å². The summed E-state index contributed by atoms with van der Waals surface area (Å²) >= 11 is 0. The van der Waals surface area contributed by atoms with Crippen molar-refractivity contribution in [3.8, 4) is 0 Å². The van der Waals surface area contributed by atoms with Gasteiger partial charge in [0.25, 0.3) is 5.91 Å². The summed E-state index contributed by atoms with van der Waals surface area (Å²) in [5.41, 5.74) is 6.61. The molecule has 2 aromatic carbocycles. The average molecular weight is 428 g/mol. The van der Waals surface area contributed by atoms with Crippen LogP contribution >= 0.6 is 0 Å². The molecule has 0 saturated carbocycles. The lowest BCUT2D eigenvalue weighted by atomic mass is 9.99. The molecule has 2 aromatic heterocycles. The topological polar surface area (TPSA) is 104 Å². The Morgan fingerprint density at radius 3 is 2.59 bits per heavy atom. The van der Waals surface area contributed by atoms with Gasteiger partial charge in [0.2, 0.25) is 0 Å². The molecule has 0 radical (unpaired) electrons. The van der Waals surface area contributed by atoms with Gasteiger partial charge in [0.05, 0.1) is 17.4 Å². The molecule has 8 nitrogen and oxygen atoms in total. The molecule has 4 rings (SSSR count). The monoisotopic (exact) mass is 428 g/mol. The van der Waals surface area contributed by atoms with E-state index in [-0.39, 0.29) is 5.69 Å². The van der Waals surface area contributed by atoms with Crippen LogP contribution in [-0.2, 0) is 12.8 Å². The number of amides is 1. The van der Waals surface area contributed by atoms with Crippen LogP contribution in [0.2, 0.25) is 0 Å². The second-order valence-corrected chi connectivity index (χ2v) is 7.49. The van der Waals surface area contributed by atoms with Gasteiger partial charge in [-0.15, -0.1) is 0 Å². The molecule has 0 aliphatic carbocycles. The zero-order valence-corrected chi connectivity index (χ0v) is 18.2. The van der Waals surface area contributed by atoms with E-state index in [1.165, 1.54) is 11.8 Å². The smallest absolute Gasteiger partial charge is 0.294 e. The first-order chi connectivity index (χ1) is 15.5. The predicted molar refractivity (Wildman–Crippen MR) is 122 cm³/mol. The lowest BCUT2D eigenvalue weighted by Crippen LogP contribution is -2.20. The number of carbonyl (C=O) groups excluding carboxylic acids is 1. The molecule has 0 unspecified atom stereocenters. The summed E-state index contributed by atoms with van der Waals surface area (Å²) in [6.07, 6.45) is 4.37. The zero-order valence-electron chi connectivity index (χ0n) is 18.2. The number of hydrogen-bond donors (Lipinski definition) is 2. The van der Waals surface area contributed by atoms with Crippen molar-refractivity contribution in [3.05, 3.63) is 83.2 Å². The molecule has 162 valence electrons. The first-order valence-corrected chi connectivity index (χ1v) is 10.3. The minimum absolute atomic E-state index is 0.0615. The second-order valence-electron chi connectivity index (χ2n) is 7.49. The minimum atomic E-state index is -0.686. The van der Waals surface area contributed by atoms with E-state index in [0.717, 1.165) is 45.9 Å². The lowest BCUT2D eigenvalue weighted by molar-refractivity contribution is 0.0700. The number of aryl methyl sites for hydroxylation is 2. The molecule has 4 aromatic rings. The number of anilines is 2. The molecule has 0 aliphatic heterocycles. The molecular formula is C24H24N6O2. The highest BCUT2D eigenvalue weighted by Crippen LogP contribution is 2.30. The maximum Gasteiger partial charge on any atom is 0.294 e. The molecule has 0 aliphatic rings. The summed E-state index contributed by atoms with van der Waals surface area (Å²) in [5, 5.41) is 9.73. The summed E-state index contributed by atoms with van der Waals surface area (Å²) in [6, 6.07) is 14.3. The van der Waals surface area contributed by atoms with Crippen LogP contribution in [0.5, 0.6) is 0 Å². The molecule has 0 fully saturated rings. The van der Waals surface area contributed by atoms with Crippen LogP contribution in [0.1, 0.15) is 40.1 Å². The van der Waals surface area contributed by atoms with Crippen molar-refractivity contribution in [2.75, 3.05) is 11.9 Å². The van der Waals surface area contributed by atoms with Crippen molar-refractivity contribution in [1.29, 1.82) is 0 Å². The molecule has 0 bridgehead atoms. The molecule has 0 atom stereocenters. The predicted octanol–water partition coefficient (Wildman–Crippen LogP) is 3.77. The van der Waals surface area contributed by atoms with Crippen LogP contribution in [0.3, 0.4) is 0 Å². The largest absolute Gasteiger partial charge is 0.329 e. The van der Waals surface area contributed by atoms with Crippen LogP contribution < -0.4 is 10.4 Å². The Balaban J connectivity index is 1.69. The molecule has 32 heavy (non-hydrogen) atoms. The van der Waals surface area contributed by atoms with E-state index in [1.54, 1.807) is 11.7 Å². The number of para-hydroxylation sites is 1. The lowest BCUT2D eigenvalue weighted by Gasteiger charge is -2.22. The third-order valence-corrected chi connectivity index (χ3v) is 5.38. The third kappa shape index (κ3) is 4.26. The average Bonchev–Trinajstić information content (AvgIpc) is 2.83. The fourth-order valence-electron chi connectivity index (χ4n) is 3.70. The van der Waals surface area contributed by atoms with Crippen molar-refractivity contribution < 1.29 is 10.0 Å². The number of carbonyl (C=O) groups is 1. The Bertz CT molecular complexity index is 1270. The fraction of sp³-hybridized carbons (Fsp3) is 0.208. The highest BCUT2D eigenvalue weighted by atomic mass is 16.5. The number of fused-ring (bicyclic) bond motifs is 1. The van der Waals surface area contributed by atoms with E-state index in [0.29, 0.717) is 6.42 Å². The SMILES string of the molecule is CCc1ccc(N(C)c2nc(C)nc3ccccc23)cc1Cc1cnc(C(=O)NO)cn1. The van der Waals surface area contributed by atoms with E-state index >= 15 is 0 Å². The Labute approximate surface area is 186 Å². The quantitative estimate of drug-likeness (QED) is 0.356. The normalized spacial score (nSPS) is 10.9. The Morgan fingerprint density at radius 2 is 1.88 bits per heavy atom. The highest BCUT2D eigenvalue weighted by Gasteiger charge is 2.14. The first kappa shape index (κ1) is 21.3. The van der Waals surface area contributed by atoms with Crippen LogP contribution in [0.15, 0.2) is 54.9 Å². The number of hydroxylamine groups is 1. The highest BCUT2D eigenvalue weighted by molar-refractivity contribution is 5.91. The summed E-state index contributed by atoms with van der Waals surface area (Å²) in [6.45, 7) is 4.01. The first-order valence-electron chi connectivity index (χ1n) is 10.3. The zero-order chi connectivity index (χ0) is 22.7. The Morgan fingerprint density at radius 1 is 1.06 bits per heavy atom. The van der Waals surface area contributed by atoms with E-state index in [1.807, 2.05) is 38.2 Å². The Hall–Kier alpha value is -3.91. The van der Waals surface area contributed by atoms with Gasteiger partial charge in [0, 0.05) is 30.7 Å². The third-order valence-electron chi connectivity index (χ3n) is 5.38. The van der Waals surface area contributed by atoms with Gasteiger partial charge in [-0.25, -0.2) is 20.4 Å². The summed E-state index contributed by atoms with van der Waals surface area (Å²) in [7, 11) is 2.00. The molecule has 2 N–H and O–H groups in total. The van der Waals surface area contributed by atoms with Crippen molar-refractivity contribution in [3.63, 3.8) is 0 Å². The van der Waals surface area contributed by atoms with Gasteiger partial charge < -0.3 is 4.90 Å². The molecule has 0 saturated heterocycles. The van der Waals surface area contributed by atoms with Gasteiger partial charge in [-0.1, -0.05) is 25.1 Å². The van der Waals surface area contributed by atoms with E-state index in [4.69, 9.17) is 10.2 Å². The molecule has 8 heteroatoms. The summed E-state index contributed by atoms with van der Waals surface area (Å²) < 4.78 is 0. The summed E-state index contributed by atoms with van der Waals surface area (Å²) in [5.74, 6) is 0.884. The van der Waals surface area contributed by atoms with E-state index < -0.39 is 5.91 Å². The van der Waals surface area contributed by atoms with Crippen molar-refractivity contribution in [2.45, 2.75) is 26.7 Å². The van der Waals surface area contributed by atoms with Crippen LogP contribution in [-0.4, -0.2) is 38.1 Å². The second kappa shape index (κ2) is 9.07. The van der Waals surface area contributed by atoms with Gasteiger partial charge >= 0.3 is 0 Å². The minimum Gasteiger partial charge on any atom is -0.329 e. The molecule has 2 heterocycles.